The number of hydrogen-bond acceptors (Lipinski definition) is 4. The first-order chi connectivity index (χ1) is 16.1. The highest BCUT2D eigenvalue weighted by Crippen LogP contribution is 2.41. The minimum atomic E-state index is -3.77. The summed E-state index contributed by atoms with van der Waals surface area (Å²) in [5.74, 6) is 0.389. The molecular formula is C27H30N2O4S. The number of carbonyl (C=O) groups is 1. The molecule has 0 radical (unpaired) electrons. The summed E-state index contributed by atoms with van der Waals surface area (Å²) in [6.45, 7) is 5.88. The summed E-state index contributed by atoms with van der Waals surface area (Å²) in [5, 5.41) is 0. The molecule has 3 aromatic carbocycles. The summed E-state index contributed by atoms with van der Waals surface area (Å²) in [5.41, 5.74) is 2.39. The summed E-state index contributed by atoms with van der Waals surface area (Å²) in [4.78, 5) is 15.0. The van der Waals surface area contributed by atoms with Gasteiger partial charge >= 0.3 is 0 Å². The van der Waals surface area contributed by atoms with E-state index in [1.165, 1.54) is 0 Å². The lowest BCUT2D eigenvalue weighted by atomic mass is 9.89. The number of nitrogens with zero attached hydrogens (tertiary/aromatic N) is 1. The molecular weight excluding hydrogens is 448 g/mol. The Morgan fingerprint density at radius 2 is 1.74 bits per heavy atom. The van der Waals surface area contributed by atoms with Gasteiger partial charge in [-0.3, -0.25) is 4.79 Å². The van der Waals surface area contributed by atoms with Gasteiger partial charge in [0, 0.05) is 30.3 Å². The molecule has 0 aliphatic carbocycles. The minimum absolute atomic E-state index is 0.185. The maximum Gasteiger partial charge on any atom is 0.258 e. The van der Waals surface area contributed by atoms with Crippen molar-refractivity contribution in [3.05, 3.63) is 89.5 Å². The highest BCUT2D eigenvalue weighted by molar-refractivity contribution is 7.89. The van der Waals surface area contributed by atoms with Crippen molar-refractivity contribution >= 4 is 21.6 Å². The van der Waals surface area contributed by atoms with Crippen LogP contribution in [0.15, 0.2) is 77.7 Å². The van der Waals surface area contributed by atoms with E-state index in [-0.39, 0.29) is 10.8 Å². The van der Waals surface area contributed by atoms with Crippen LogP contribution in [0, 0.1) is 0 Å². The molecule has 4 rings (SSSR count). The van der Waals surface area contributed by atoms with Gasteiger partial charge < -0.3 is 9.64 Å². The molecule has 178 valence electrons. The van der Waals surface area contributed by atoms with Crippen molar-refractivity contribution < 1.29 is 17.9 Å². The number of hydrogen-bond donors (Lipinski definition) is 1. The number of amides is 1. The monoisotopic (exact) mass is 478 g/mol. The van der Waals surface area contributed by atoms with Crippen molar-refractivity contribution in [2.45, 2.75) is 50.2 Å². The molecule has 34 heavy (non-hydrogen) atoms. The third-order valence-electron chi connectivity index (χ3n) is 6.10. The number of rotatable bonds is 6. The van der Waals surface area contributed by atoms with Crippen molar-refractivity contribution in [1.29, 1.82) is 0 Å². The minimum Gasteiger partial charge on any atom is -0.487 e. The van der Waals surface area contributed by atoms with Gasteiger partial charge in [-0.1, -0.05) is 37.3 Å². The van der Waals surface area contributed by atoms with Crippen molar-refractivity contribution in [1.82, 2.24) is 4.72 Å². The van der Waals surface area contributed by atoms with E-state index < -0.39 is 21.7 Å². The Kier molecular flexibility index (Phi) is 6.51. The van der Waals surface area contributed by atoms with E-state index >= 15 is 0 Å². The van der Waals surface area contributed by atoms with Crippen LogP contribution < -0.4 is 14.4 Å². The number of benzene rings is 3. The maximum atomic E-state index is 13.2. The largest absolute Gasteiger partial charge is 0.487 e. The second kappa shape index (κ2) is 9.24. The van der Waals surface area contributed by atoms with Crippen LogP contribution >= 0.6 is 0 Å². The molecule has 6 nitrogen and oxygen atoms in total. The lowest BCUT2D eigenvalue weighted by Gasteiger charge is -2.38. The van der Waals surface area contributed by atoms with Crippen LogP contribution in [0.2, 0.25) is 0 Å². The summed E-state index contributed by atoms with van der Waals surface area (Å²) < 4.78 is 35.4. The number of sulfonamides is 1. The number of carbonyl (C=O) groups excluding carboxylic acids is 1. The standard InChI is InChI=1S/C27H30N2O4S/c1-5-19-11-14-22(15-12-19)34(31,32)28-24-18-27(2,3)33-25-16-13-20(17-23(24)25)26(30)29(4)21-9-7-6-8-10-21/h6-17,24,28H,5,18H2,1-4H3/t24-/m0/s1. The number of aryl methyl sites for hydroxylation is 1. The van der Waals surface area contributed by atoms with Gasteiger partial charge in [-0.15, -0.1) is 0 Å². The van der Waals surface area contributed by atoms with Crippen LogP contribution in [0.5, 0.6) is 5.75 Å². The summed E-state index contributed by atoms with van der Waals surface area (Å²) in [7, 11) is -2.05. The molecule has 1 heterocycles. The molecule has 0 unspecified atom stereocenters. The second-order valence-corrected chi connectivity index (χ2v) is 10.9. The van der Waals surface area contributed by atoms with E-state index in [1.54, 1.807) is 42.3 Å². The second-order valence-electron chi connectivity index (χ2n) is 9.19. The van der Waals surface area contributed by atoms with Gasteiger partial charge in [0.1, 0.15) is 11.4 Å². The number of nitrogens with one attached hydrogen (secondary N) is 1. The first kappa shape index (κ1) is 24.0. The number of anilines is 1. The Hall–Kier alpha value is -3.16. The molecule has 0 fully saturated rings. The summed E-state index contributed by atoms with van der Waals surface area (Å²) >= 11 is 0. The van der Waals surface area contributed by atoms with Gasteiger partial charge in [0.2, 0.25) is 10.0 Å². The van der Waals surface area contributed by atoms with Crippen LogP contribution in [0.3, 0.4) is 0 Å². The average Bonchev–Trinajstić information content (AvgIpc) is 2.82. The topological polar surface area (TPSA) is 75.7 Å². The number of fused-ring (bicyclic) bond motifs is 1. The smallest absolute Gasteiger partial charge is 0.258 e. The fourth-order valence-corrected chi connectivity index (χ4v) is 5.43. The van der Waals surface area contributed by atoms with Gasteiger partial charge in [-0.2, -0.15) is 0 Å². The van der Waals surface area contributed by atoms with E-state index in [2.05, 4.69) is 4.72 Å². The Bertz CT molecular complexity index is 1290. The molecule has 0 bridgehead atoms. The Morgan fingerprint density at radius 1 is 1.06 bits per heavy atom. The van der Waals surface area contributed by atoms with Crippen molar-refractivity contribution in [3.63, 3.8) is 0 Å². The van der Waals surface area contributed by atoms with Crippen LogP contribution in [0.4, 0.5) is 5.69 Å². The maximum absolute atomic E-state index is 13.2. The SMILES string of the molecule is CCc1ccc(S(=O)(=O)N[C@H]2CC(C)(C)Oc3ccc(C(=O)N(C)c4ccccc4)cc32)cc1. The van der Waals surface area contributed by atoms with Crippen molar-refractivity contribution in [2.24, 2.45) is 0 Å². The Balaban J connectivity index is 1.67. The van der Waals surface area contributed by atoms with E-state index in [0.29, 0.717) is 23.3 Å². The van der Waals surface area contributed by atoms with Gasteiger partial charge in [0.15, 0.2) is 0 Å². The van der Waals surface area contributed by atoms with Gasteiger partial charge in [-0.05, 0) is 68.3 Å². The van der Waals surface area contributed by atoms with Gasteiger partial charge in [0.05, 0.1) is 10.9 Å². The molecule has 1 aliphatic heterocycles. The zero-order chi connectivity index (χ0) is 24.5. The molecule has 3 aromatic rings. The van der Waals surface area contributed by atoms with Crippen LogP contribution in [-0.4, -0.2) is 27.0 Å². The lowest BCUT2D eigenvalue weighted by molar-refractivity contribution is 0.0701. The lowest BCUT2D eigenvalue weighted by Crippen LogP contribution is -2.41. The first-order valence-corrected chi connectivity index (χ1v) is 12.9. The van der Waals surface area contributed by atoms with Gasteiger partial charge in [-0.25, -0.2) is 13.1 Å². The molecule has 7 heteroatoms. The molecule has 0 aromatic heterocycles. The molecule has 0 saturated carbocycles. The normalized spacial score (nSPS) is 16.9. The molecule has 0 spiro atoms. The quantitative estimate of drug-likeness (QED) is 0.534. The van der Waals surface area contributed by atoms with E-state index in [9.17, 15) is 13.2 Å². The third-order valence-corrected chi connectivity index (χ3v) is 7.59. The fourth-order valence-electron chi connectivity index (χ4n) is 4.21. The van der Waals surface area contributed by atoms with Gasteiger partial charge in [0.25, 0.3) is 5.91 Å². The highest BCUT2D eigenvalue weighted by atomic mass is 32.2. The summed E-state index contributed by atoms with van der Waals surface area (Å²) in [6, 6.07) is 20.9. The fraction of sp³-hybridized carbons (Fsp3) is 0.296. The van der Waals surface area contributed by atoms with Crippen LogP contribution in [0.25, 0.3) is 0 Å². The Morgan fingerprint density at radius 3 is 2.38 bits per heavy atom. The summed E-state index contributed by atoms with van der Waals surface area (Å²) in [6.07, 6.45) is 1.27. The third kappa shape index (κ3) is 5.00. The zero-order valence-electron chi connectivity index (χ0n) is 19.9. The van der Waals surface area contributed by atoms with Crippen LogP contribution in [-0.2, 0) is 16.4 Å². The van der Waals surface area contributed by atoms with E-state index in [1.807, 2.05) is 63.2 Å². The molecule has 1 amide bonds. The van der Waals surface area contributed by atoms with E-state index in [0.717, 1.165) is 17.7 Å². The number of ether oxygens (including phenoxy) is 1. The van der Waals surface area contributed by atoms with E-state index in [4.69, 9.17) is 4.74 Å². The average molecular weight is 479 g/mol. The predicted molar refractivity (Wildman–Crippen MR) is 134 cm³/mol. The first-order valence-electron chi connectivity index (χ1n) is 11.4. The van der Waals surface area contributed by atoms with Crippen molar-refractivity contribution in [2.75, 3.05) is 11.9 Å². The predicted octanol–water partition coefficient (Wildman–Crippen LogP) is 5.11. The highest BCUT2D eigenvalue weighted by Gasteiger charge is 2.36. The molecule has 1 N–H and O–H groups in total. The van der Waals surface area contributed by atoms with Crippen LogP contribution in [0.1, 0.15) is 54.7 Å². The molecule has 1 aliphatic rings. The molecule has 1 atom stereocenters. The Labute approximate surface area is 201 Å². The zero-order valence-corrected chi connectivity index (χ0v) is 20.7. The number of para-hydroxylation sites is 1. The van der Waals surface area contributed by atoms with Crippen molar-refractivity contribution in [3.8, 4) is 5.75 Å². The molecule has 0 saturated heterocycles.